The Kier molecular flexibility index (Phi) is 75.4. The maximum Gasteiger partial charge on any atom is 0.472 e. The van der Waals surface area contributed by atoms with Gasteiger partial charge in [0.1, 0.15) is 6.61 Å². The van der Waals surface area contributed by atoms with E-state index in [9.17, 15) is 19.0 Å². The van der Waals surface area contributed by atoms with Crippen LogP contribution in [0.2, 0.25) is 0 Å². The standard InChI is InChI=1S/C83H150NO8P/c1-3-5-7-9-11-13-15-17-19-21-23-25-27-29-31-33-35-37-38-39-40-41-42-44-46-48-50-52-54-56-58-60-62-64-66-68-70-72-74-76-83(86)92-81(80-91-93(87,88)90-78-77-84)79-89-82(85)75-73-71-69-67-65-63-61-59-57-55-53-51-49-47-45-43-36-34-32-30-28-26-24-22-20-18-16-14-12-10-8-6-4-2/h5-8,11-14,17-20,23-26,81H,3-4,9-10,15-16,21-22,27-80,84H2,1-2H3,(H,87,88)/b7-5-,8-6-,13-11-,14-12-,19-17-,20-18-,25-23-,26-24-. The maximum absolute atomic E-state index is 12.8. The van der Waals surface area contributed by atoms with E-state index in [0.29, 0.717) is 6.42 Å². The van der Waals surface area contributed by atoms with Crippen LogP contribution in [-0.4, -0.2) is 49.3 Å². The molecule has 0 aromatic rings. The van der Waals surface area contributed by atoms with Crippen molar-refractivity contribution in [3.05, 3.63) is 97.2 Å². The zero-order valence-corrected chi connectivity index (χ0v) is 61.9. The molecule has 0 heterocycles. The number of phosphoric acid groups is 1. The van der Waals surface area contributed by atoms with Gasteiger partial charge in [-0.2, -0.15) is 0 Å². The summed E-state index contributed by atoms with van der Waals surface area (Å²) in [4.78, 5) is 35.5. The Labute approximate surface area is 576 Å². The van der Waals surface area contributed by atoms with Gasteiger partial charge in [0.2, 0.25) is 0 Å². The number of unbranched alkanes of at least 4 members (excludes halogenated alkanes) is 46. The van der Waals surface area contributed by atoms with Gasteiger partial charge in [0.25, 0.3) is 0 Å². The van der Waals surface area contributed by atoms with Gasteiger partial charge in [0.15, 0.2) is 6.10 Å². The molecule has 2 unspecified atom stereocenters. The summed E-state index contributed by atoms with van der Waals surface area (Å²) < 4.78 is 33.3. The molecule has 0 radical (unpaired) electrons. The van der Waals surface area contributed by atoms with Crippen LogP contribution in [0.25, 0.3) is 0 Å². The number of ether oxygens (including phenoxy) is 2. The fraction of sp³-hybridized carbons (Fsp3) is 0.783. The van der Waals surface area contributed by atoms with Crippen LogP contribution < -0.4 is 5.73 Å². The van der Waals surface area contributed by atoms with Crippen LogP contribution in [0.4, 0.5) is 0 Å². The van der Waals surface area contributed by atoms with E-state index in [1.165, 1.54) is 270 Å². The first-order valence-corrected chi connectivity index (χ1v) is 41.2. The Morgan fingerprint density at radius 2 is 0.559 bits per heavy atom. The third-order valence-corrected chi connectivity index (χ3v) is 18.4. The van der Waals surface area contributed by atoms with Gasteiger partial charge in [-0.15, -0.1) is 0 Å². The van der Waals surface area contributed by atoms with Crippen LogP contribution in [-0.2, 0) is 32.7 Å². The number of carbonyl (C=O) groups is 2. The Bertz CT molecular complexity index is 1850. The first kappa shape index (κ1) is 89.9. The zero-order chi connectivity index (χ0) is 67.2. The molecule has 0 aliphatic rings. The summed E-state index contributed by atoms with van der Waals surface area (Å²) in [6.07, 6.45) is 107. The normalized spacial score (nSPS) is 13.4. The van der Waals surface area contributed by atoms with Gasteiger partial charge in [-0.1, -0.05) is 381 Å². The lowest BCUT2D eigenvalue weighted by molar-refractivity contribution is -0.161. The number of hydrogen-bond acceptors (Lipinski definition) is 8. The first-order valence-electron chi connectivity index (χ1n) is 39.7. The average molecular weight is 1320 g/mol. The summed E-state index contributed by atoms with van der Waals surface area (Å²) in [5, 5.41) is 0. The summed E-state index contributed by atoms with van der Waals surface area (Å²) in [5.74, 6) is -0.807. The summed E-state index contributed by atoms with van der Waals surface area (Å²) >= 11 is 0. The third-order valence-electron chi connectivity index (χ3n) is 17.5. The molecule has 0 aliphatic heterocycles. The minimum absolute atomic E-state index is 0.0540. The highest BCUT2D eigenvalue weighted by atomic mass is 31.2. The molecule has 0 amide bonds. The van der Waals surface area contributed by atoms with E-state index < -0.39 is 26.5 Å². The van der Waals surface area contributed by atoms with Gasteiger partial charge >= 0.3 is 19.8 Å². The number of rotatable bonds is 75. The van der Waals surface area contributed by atoms with Crippen LogP contribution in [0.15, 0.2) is 97.2 Å². The number of hydrogen-bond donors (Lipinski definition) is 2. The Morgan fingerprint density at radius 1 is 0.323 bits per heavy atom. The molecule has 0 aromatic carbocycles. The summed E-state index contributed by atoms with van der Waals surface area (Å²) in [6.45, 7) is 3.58. The van der Waals surface area contributed by atoms with E-state index in [1.54, 1.807) is 0 Å². The maximum atomic E-state index is 12.8. The van der Waals surface area contributed by atoms with Crippen LogP contribution in [0.5, 0.6) is 0 Å². The lowest BCUT2D eigenvalue weighted by Gasteiger charge is -2.19. The van der Waals surface area contributed by atoms with Gasteiger partial charge in [0, 0.05) is 19.4 Å². The van der Waals surface area contributed by atoms with Crippen molar-refractivity contribution in [2.45, 2.75) is 392 Å². The molecule has 3 N–H and O–H groups in total. The second kappa shape index (κ2) is 77.9. The number of phosphoric ester groups is 1. The smallest absolute Gasteiger partial charge is 0.462 e. The van der Waals surface area contributed by atoms with Gasteiger partial charge in [-0.25, -0.2) is 4.57 Å². The molecule has 2 atom stereocenters. The largest absolute Gasteiger partial charge is 0.472 e. The monoisotopic (exact) mass is 1320 g/mol. The molecule has 0 aliphatic carbocycles. The lowest BCUT2D eigenvalue weighted by Crippen LogP contribution is -2.29. The van der Waals surface area contributed by atoms with E-state index in [-0.39, 0.29) is 38.6 Å². The van der Waals surface area contributed by atoms with Crippen molar-refractivity contribution >= 4 is 19.8 Å². The molecule has 93 heavy (non-hydrogen) atoms. The highest BCUT2D eigenvalue weighted by Crippen LogP contribution is 2.43. The molecule has 10 heteroatoms. The molecular weight excluding hydrogens is 1170 g/mol. The Hall–Kier alpha value is -3.07. The number of carbonyl (C=O) groups excluding carboxylic acids is 2. The van der Waals surface area contributed by atoms with Gasteiger partial charge in [-0.05, 0) is 89.9 Å². The zero-order valence-electron chi connectivity index (χ0n) is 61.0. The summed E-state index contributed by atoms with van der Waals surface area (Å²) in [6, 6.07) is 0. The van der Waals surface area contributed by atoms with Crippen molar-refractivity contribution in [3.8, 4) is 0 Å². The third kappa shape index (κ3) is 77.8. The molecule has 0 fully saturated rings. The SMILES string of the molecule is CC/C=C\C/C=C\C/C=C\C/C=C\CCCCCCCCCCCCCCCCCCCCCCCCCCCCC(=O)OC(COC(=O)CCCCCCCCCCCCCCCCCCCCCC/C=C\C/C=C\C/C=C\C/C=C\CC)COP(=O)(O)OCCN. The van der Waals surface area contributed by atoms with Crippen molar-refractivity contribution in [1.82, 2.24) is 0 Å². The molecule has 540 valence electrons. The topological polar surface area (TPSA) is 134 Å². The molecule has 0 bridgehead atoms. The summed E-state index contributed by atoms with van der Waals surface area (Å²) in [5.41, 5.74) is 5.42. The Balaban J connectivity index is 3.76. The highest BCUT2D eigenvalue weighted by molar-refractivity contribution is 7.47. The Morgan fingerprint density at radius 3 is 0.828 bits per heavy atom. The quantitative estimate of drug-likeness (QED) is 0.0264. The highest BCUT2D eigenvalue weighted by Gasteiger charge is 2.26. The first-order chi connectivity index (χ1) is 45.8. The minimum Gasteiger partial charge on any atom is -0.462 e. The van der Waals surface area contributed by atoms with Crippen molar-refractivity contribution < 1.29 is 37.6 Å². The molecule has 0 aromatic heterocycles. The lowest BCUT2D eigenvalue weighted by atomic mass is 10.0. The van der Waals surface area contributed by atoms with Crippen LogP contribution >= 0.6 is 7.82 Å². The predicted octanol–water partition coefficient (Wildman–Crippen LogP) is 26.6. The van der Waals surface area contributed by atoms with E-state index in [4.69, 9.17) is 24.3 Å². The molecular formula is C83H150NO8P. The fourth-order valence-corrected chi connectivity index (χ4v) is 12.4. The van der Waals surface area contributed by atoms with Crippen molar-refractivity contribution in [2.24, 2.45) is 5.73 Å². The molecule has 0 spiro atoms. The van der Waals surface area contributed by atoms with Crippen LogP contribution in [0.1, 0.15) is 386 Å². The second-order valence-corrected chi connectivity index (χ2v) is 28.0. The average Bonchev–Trinajstić information content (AvgIpc) is 3.60. The molecule has 0 saturated heterocycles. The van der Waals surface area contributed by atoms with Crippen molar-refractivity contribution in [3.63, 3.8) is 0 Å². The van der Waals surface area contributed by atoms with E-state index in [1.807, 2.05) is 0 Å². The minimum atomic E-state index is -4.40. The summed E-state index contributed by atoms with van der Waals surface area (Å²) in [7, 11) is -4.40. The molecule has 0 saturated carbocycles. The number of nitrogens with two attached hydrogens (primary N) is 1. The van der Waals surface area contributed by atoms with Gasteiger partial charge in [-0.3, -0.25) is 18.6 Å². The van der Waals surface area contributed by atoms with Crippen molar-refractivity contribution in [2.75, 3.05) is 26.4 Å². The van der Waals surface area contributed by atoms with Crippen LogP contribution in [0.3, 0.4) is 0 Å². The van der Waals surface area contributed by atoms with E-state index in [0.717, 1.165) is 83.5 Å². The van der Waals surface area contributed by atoms with E-state index in [2.05, 4.69) is 111 Å². The van der Waals surface area contributed by atoms with Gasteiger partial charge in [0.05, 0.1) is 13.2 Å². The number of esters is 2. The molecule has 0 rings (SSSR count). The molecule has 9 nitrogen and oxygen atoms in total. The number of allylic oxidation sites excluding steroid dienone is 16. The van der Waals surface area contributed by atoms with Crippen molar-refractivity contribution in [1.29, 1.82) is 0 Å². The second-order valence-electron chi connectivity index (χ2n) is 26.5. The van der Waals surface area contributed by atoms with E-state index >= 15 is 0 Å². The fourth-order valence-electron chi connectivity index (χ4n) is 11.7. The van der Waals surface area contributed by atoms with Crippen LogP contribution in [0, 0.1) is 0 Å². The predicted molar refractivity (Wildman–Crippen MR) is 404 cm³/mol. The van der Waals surface area contributed by atoms with Gasteiger partial charge < -0.3 is 20.1 Å².